The molecule has 1 amide bonds. The lowest BCUT2D eigenvalue weighted by atomic mass is 9.97. The fourth-order valence-electron chi connectivity index (χ4n) is 3.49. The van der Waals surface area contributed by atoms with Crippen molar-refractivity contribution in [3.05, 3.63) is 74.6 Å². The number of pyridine rings is 1. The minimum atomic E-state index is -4.72. The number of fused-ring (bicyclic) bond motifs is 1. The largest absolute Gasteiger partial charge is 0.433 e. The molecule has 2 heterocycles. The van der Waals surface area contributed by atoms with Crippen LogP contribution in [0.1, 0.15) is 37.6 Å². The molecule has 0 aliphatic heterocycles. The number of benzene rings is 1. The van der Waals surface area contributed by atoms with Gasteiger partial charge < -0.3 is 5.32 Å². The molecule has 2 aromatic heterocycles. The Morgan fingerprint density at radius 1 is 1.09 bits per heavy atom. The zero-order valence-electron chi connectivity index (χ0n) is 17.8. The summed E-state index contributed by atoms with van der Waals surface area (Å²) in [7, 11) is 1.21. The standard InChI is InChI=1S/C22H23F3N4O3/c1-13(2)11-16(14-7-5-4-6-8-14)26-18(30)12-29-20(31)15-9-10-17(22(23,24)25)27-19(15)28(3)21(29)32/h4-10,13,16H,11-12H2,1-3H3,(H,26,30). The van der Waals surface area contributed by atoms with Gasteiger partial charge in [-0.3, -0.25) is 18.7 Å². The maximum Gasteiger partial charge on any atom is 0.433 e. The zero-order valence-corrected chi connectivity index (χ0v) is 17.8. The van der Waals surface area contributed by atoms with Crippen LogP contribution >= 0.6 is 0 Å². The maximum absolute atomic E-state index is 13.0. The molecule has 1 atom stereocenters. The number of carbonyl (C=O) groups is 1. The molecular formula is C22H23F3N4O3. The van der Waals surface area contributed by atoms with Crippen molar-refractivity contribution in [1.29, 1.82) is 0 Å². The van der Waals surface area contributed by atoms with Crippen LogP contribution in [0.3, 0.4) is 0 Å². The third-order valence-electron chi connectivity index (χ3n) is 5.02. The first-order valence-corrected chi connectivity index (χ1v) is 10.0. The molecular weight excluding hydrogens is 425 g/mol. The van der Waals surface area contributed by atoms with Gasteiger partial charge >= 0.3 is 11.9 Å². The molecule has 0 aliphatic carbocycles. The number of hydrogen-bond acceptors (Lipinski definition) is 4. The Balaban J connectivity index is 1.95. The predicted octanol–water partition coefficient (Wildman–Crippen LogP) is 3.02. The normalized spacial score (nSPS) is 12.8. The average molecular weight is 448 g/mol. The third-order valence-corrected chi connectivity index (χ3v) is 5.02. The van der Waals surface area contributed by atoms with Crippen LogP contribution < -0.4 is 16.6 Å². The maximum atomic E-state index is 13.0. The summed E-state index contributed by atoms with van der Waals surface area (Å²) >= 11 is 0. The second-order valence-electron chi connectivity index (χ2n) is 7.96. The van der Waals surface area contributed by atoms with Crippen molar-refractivity contribution in [3.8, 4) is 0 Å². The molecule has 3 aromatic rings. The summed E-state index contributed by atoms with van der Waals surface area (Å²) in [6, 6.07) is 10.6. The lowest BCUT2D eigenvalue weighted by molar-refractivity contribution is -0.141. The minimum Gasteiger partial charge on any atom is -0.348 e. The lowest BCUT2D eigenvalue weighted by Gasteiger charge is -2.21. The van der Waals surface area contributed by atoms with E-state index in [0.29, 0.717) is 17.1 Å². The smallest absolute Gasteiger partial charge is 0.348 e. The number of nitrogens with zero attached hydrogens (tertiary/aromatic N) is 3. The molecule has 3 rings (SSSR count). The summed E-state index contributed by atoms with van der Waals surface area (Å²) in [5.74, 6) is -0.288. The Hall–Kier alpha value is -3.43. The molecule has 0 aliphatic rings. The van der Waals surface area contributed by atoms with Gasteiger partial charge in [-0.1, -0.05) is 44.2 Å². The van der Waals surface area contributed by atoms with Gasteiger partial charge in [-0.2, -0.15) is 13.2 Å². The number of carbonyl (C=O) groups excluding carboxylic acids is 1. The fourth-order valence-corrected chi connectivity index (χ4v) is 3.49. The first-order valence-electron chi connectivity index (χ1n) is 10.0. The number of alkyl halides is 3. The van der Waals surface area contributed by atoms with Crippen LogP contribution in [-0.2, 0) is 24.6 Å². The summed E-state index contributed by atoms with van der Waals surface area (Å²) in [5.41, 5.74) is -2.52. The first kappa shape index (κ1) is 23.2. The SMILES string of the molecule is CC(C)CC(NC(=O)Cn1c(=O)c2ccc(C(F)(F)F)nc2n(C)c1=O)c1ccccc1. The van der Waals surface area contributed by atoms with Crippen LogP contribution in [0.25, 0.3) is 11.0 Å². The summed E-state index contributed by atoms with van der Waals surface area (Å²) in [4.78, 5) is 41.6. The van der Waals surface area contributed by atoms with Gasteiger partial charge in [0.05, 0.1) is 11.4 Å². The van der Waals surface area contributed by atoms with Crippen molar-refractivity contribution in [2.45, 2.75) is 39.0 Å². The second-order valence-corrected chi connectivity index (χ2v) is 7.96. The number of nitrogens with one attached hydrogen (secondary N) is 1. The van der Waals surface area contributed by atoms with E-state index in [1.54, 1.807) is 0 Å². The monoisotopic (exact) mass is 448 g/mol. The fraction of sp³-hybridized carbons (Fsp3) is 0.364. The molecule has 170 valence electrons. The van der Waals surface area contributed by atoms with E-state index in [-0.39, 0.29) is 17.3 Å². The van der Waals surface area contributed by atoms with Crippen LogP contribution in [0.2, 0.25) is 0 Å². The zero-order chi connectivity index (χ0) is 23.6. The Morgan fingerprint density at radius 2 is 1.75 bits per heavy atom. The van der Waals surface area contributed by atoms with Crippen LogP contribution in [0.15, 0.2) is 52.1 Å². The molecule has 1 N–H and O–H groups in total. The van der Waals surface area contributed by atoms with Crippen LogP contribution in [-0.4, -0.2) is 20.0 Å². The molecule has 0 spiro atoms. The minimum absolute atomic E-state index is 0.185. The summed E-state index contributed by atoms with van der Waals surface area (Å²) in [5, 5.41) is 2.67. The Kier molecular flexibility index (Phi) is 6.52. The highest BCUT2D eigenvalue weighted by Crippen LogP contribution is 2.28. The van der Waals surface area contributed by atoms with Gasteiger partial charge in [0.15, 0.2) is 0 Å². The van der Waals surface area contributed by atoms with Crippen LogP contribution in [0.4, 0.5) is 13.2 Å². The highest BCUT2D eigenvalue weighted by molar-refractivity contribution is 5.78. The Morgan fingerprint density at radius 3 is 2.34 bits per heavy atom. The Bertz CT molecular complexity index is 1250. The molecule has 0 fully saturated rings. The van der Waals surface area contributed by atoms with Crippen molar-refractivity contribution >= 4 is 16.9 Å². The van der Waals surface area contributed by atoms with E-state index >= 15 is 0 Å². The van der Waals surface area contributed by atoms with Crippen molar-refractivity contribution in [1.82, 2.24) is 19.4 Å². The van der Waals surface area contributed by atoms with Gasteiger partial charge in [0.1, 0.15) is 17.9 Å². The molecule has 0 saturated carbocycles. The van der Waals surface area contributed by atoms with Gasteiger partial charge in [-0.05, 0) is 30.0 Å². The first-order chi connectivity index (χ1) is 15.0. The van der Waals surface area contributed by atoms with E-state index < -0.39 is 41.2 Å². The number of amides is 1. The molecule has 0 bridgehead atoms. The van der Waals surface area contributed by atoms with E-state index in [1.807, 2.05) is 44.2 Å². The van der Waals surface area contributed by atoms with Crippen molar-refractivity contribution in [2.24, 2.45) is 13.0 Å². The highest BCUT2D eigenvalue weighted by atomic mass is 19.4. The molecule has 0 radical (unpaired) electrons. The average Bonchev–Trinajstić information content (AvgIpc) is 2.74. The number of aromatic nitrogens is 3. The second kappa shape index (κ2) is 8.97. The van der Waals surface area contributed by atoms with Crippen molar-refractivity contribution < 1.29 is 18.0 Å². The Labute approximate surface area is 181 Å². The van der Waals surface area contributed by atoms with Gasteiger partial charge in [0, 0.05) is 7.05 Å². The van der Waals surface area contributed by atoms with E-state index in [4.69, 9.17) is 0 Å². The van der Waals surface area contributed by atoms with E-state index in [2.05, 4.69) is 10.3 Å². The highest BCUT2D eigenvalue weighted by Gasteiger charge is 2.33. The lowest BCUT2D eigenvalue weighted by Crippen LogP contribution is -2.44. The molecule has 1 aromatic carbocycles. The summed E-state index contributed by atoms with van der Waals surface area (Å²) in [6.45, 7) is 3.45. The van der Waals surface area contributed by atoms with E-state index in [0.717, 1.165) is 16.2 Å². The summed E-state index contributed by atoms with van der Waals surface area (Å²) in [6.07, 6.45) is -4.08. The van der Waals surface area contributed by atoms with Gasteiger partial charge in [-0.25, -0.2) is 9.78 Å². The molecule has 7 nitrogen and oxygen atoms in total. The van der Waals surface area contributed by atoms with Crippen molar-refractivity contribution in [2.75, 3.05) is 0 Å². The number of halogens is 3. The van der Waals surface area contributed by atoms with Gasteiger partial charge in [-0.15, -0.1) is 0 Å². The van der Waals surface area contributed by atoms with Crippen LogP contribution in [0, 0.1) is 5.92 Å². The quantitative estimate of drug-likeness (QED) is 0.628. The third kappa shape index (κ3) is 4.90. The molecule has 0 saturated heterocycles. The predicted molar refractivity (Wildman–Crippen MR) is 113 cm³/mol. The van der Waals surface area contributed by atoms with Gasteiger partial charge in [0.2, 0.25) is 5.91 Å². The number of aryl methyl sites for hydroxylation is 1. The van der Waals surface area contributed by atoms with Crippen molar-refractivity contribution in [3.63, 3.8) is 0 Å². The molecule has 10 heteroatoms. The van der Waals surface area contributed by atoms with E-state index in [1.165, 1.54) is 7.05 Å². The molecule has 1 unspecified atom stereocenters. The van der Waals surface area contributed by atoms with E-state index in [9.17, 15) is 27.6 Å². The molecule has 32 heavy (non-hydrogen) atoms. The topological polar surface area (TPSA) is 86.0 Å². The number of hydrogen-bond donors (Lipinski definition) is 1. The number of rotatable bonds is 6. The summed E-state index contributed by atoms with van der Waals surface area (Å²) < 4.78 is 40.4. The van der Waals surface area contributed by atoms with Gasteiger partial charge in [0.25, 0.3) is 5.56 Å². The van der Waals surface area contributed by atoms with Crippen LogP contribution in [0.5, 0.6) is 0 Å².